The van der Waals surface area contributed by atoms with Gasteiger partial charge in [-0.25, -0.2) is 9.78 Å². The number of nitrogens with zero attached hydrogens (tertiary/aromatic N) is 2. The van der Waals surface area contributed by atoms with Crippen LogP contribution in [0.5, 0.6) is 0 Å². The van der Waals surface area contributed by atoms with Crippen molar-refractivity contribution < 1.29 is 19.4 Å². The van der Waals surface area contributed by atoms with E-state index in [1.807, 2.05) is 30.3 Å². The van der Waals surface area contributed by atoms with Gasteiger partial charge in [-0.2, -0.15) is 0 Å². The molecule has 7 nitrogen and oxygen atoms in total. The normalized spacial score (nSPS) is 11.8. The molecule has 2 N–H and O–H groups in total. The molecule has 1 heterocycles. The van der Waals surface area contributed by atoms with Gasteiger partial charge in [-0.1, -0.05) is 59.6 Å². The summed E-state index contributed by atoms with van der Waals surface area (Å²) in [5, 5.41) is 14.6. The SMILES string of the molecule is CN(C(=O)CCc1cccc(Cl)c1Cl)[C@@H](CCCCO)COC(=O)Nc1cc2ccccc2cn1. The lowest BCUT2D eigenvalue weighted by Crippen LogP contribution is -2.41. The van der Waals surface area contributed by atoms with Crippen LogP contribution in [0.15, 0.2) is 54.7 Å². The largest absolute Gasteiger partial charge is 0.447 e. The zero-order chi connectivity index (χ0) is 25.2. The van der Waals surface area contributed by atoms with Gasteiger partial charge in [0.05, 0.1) is 16.1 Å². The van der Waals surface area contributed by atoms with Crippen molar-refractivity contribution in [2.24, 2.45) is 0 Å². The average molecular weight is 518 g/mol. The third-order valence-corrected chi connectivity index (χ3v) is 6.65. The number of pyridine rings is 1. The van der Waals surface area contributed by atoms with Crippen LogP contribution < -0.4 is 5.32 Å². The van der Waals surface area contributed by atoms with Gasteiger partial charge in [-0.15, -0.1) is 0 Å². The van der Waals surface area contributed by atoms with Gasteiger partial charge in [0.2, 0.25) is 5.91 Å². The number of aliphatic hydroxyl groups is 1. The third-order valence-electron chi connectivity index (χ3n) is 5.79. The number of hydrogen-bond acceptors (Lipinski definition) is 5. The number of carbonyl (C=O) groups is 2. The van der Waals surface area contributed by atoms with Crippen LogP contribution in [0.4, 0.5) is 10.6 Å². The first-order chi connectivity index (χ1) is 16.9. The van der Waals surface area contributed by atoms with E-state index in [-0.39, 0.29) is 31.6 Å². The zero-order valence-corrected chi connectivity index (χ0v) is 21.1. The number of ether oxygens (including phenoxy) is 1. The summed E-state index contributed by atoms with van der Waals surface area (Å²) >= 11 is 12.3. The van der Waals surface area contributed by atoms with Gasteiger partial charge < -0.3 is 14.7 Å². The van der Waals surface area contributed by atoms with Gasteiger partial charge in [-0.05, 0) is 48.8 Å². The molecule has 1 atom stereocenters. The van der Waals surface area contributed by atoms with Crippen LogP contribution in [-0.4, -0.2) is 53.3 Å². The Balaban J connectivity index is 1.57. The summed E-state index contributed by atoms with van der Waals surface area (Å²) in [5.41, 5.74) is 0.802. The number of nitrogens with one attached hydrogen (secondary N) is 1. The summed E-state index contributed by atoms with van der Waals surface area (Å²) in [6.45, 7) is 0.0810. The van der Waals surface area contributed by atoms with E-state index >= 15 is 0 Å². The highest BCUT2D eigenvalue weighted by molar-refractivity contribution is 6.42. The van der Waals surface area contributed by atoms with E-state index in [4.69, 9.17) is 33.0 Å². The maximum atomic E-state index is 12.9. The molecule has 3 aromatic rings. The van der Waals surface area contributed by atoms with Crippen LogP contribution in [0.3, 0.4) is 0 Å². The molecular formula is C26H29Cl2N3O4. The fourth-order valence-corrected chi connectivity index (χ4v) is 4.12. The number of aromatic nitrogens is 1. The number of aliphatic hydroxyl groups excluding tert-OH is 1. The Bertz CT molecular complexity index is 1160. The maximum Gasteiger partial charge on any atom is 0.412 e. The molecule has 0 fully saturated rings. The molecule has 1 aromatic heterocycles. The highest BCUT2D eigenvalue weighted by atomic mass is 35.5. The molecule has 0 spiro atoms. The van der Waals surface area contributed by atoms with Crippen molar-refractivity contribution in [3.05, 3.63) is 70.3 Å². The molecule has 0 aliphatic rings. The number of hydrogen-bond donors (Lipinski definition) is 2. The smallest absolute Gasteiger partial charge is 0.412 e. The summed E-state index contributed by atoms with van der Waals surface area (Å²) in [6.07, 6.45) is 3.59. The van der Waals surface area contributed by atoms with Crippen LogP contribution in [0.25, 0.3) is 10.8 Å². The number of unbranched alkanes of at least 4 members (excludes halogenated alkanes) is 1. The Morgan fingerprint density at radius 2 is 1.89 bits per heavy atom. The molecule has 0 aliphatic heterocycles. The van der Waals surface area contributed by atoms with Gasteiger partial charge in [-0.3, -0.25) is 10.1 Å². The second-order valence-electron chi connectivity index (χ2n) is 8.23. The second kappa shape index (κ2) is 13.3. The molecule has 9 heteroatoms. The van der Waals surface area contributed by atoms with Crippen LogP contribution in [0, 0.1) is 0 Å². The van der Waals surface area contributed by atoms with Gasteiger partial charge in [0, 0.05) is 31.7 Å². The van der Waals surface area contributed by atoms with Crippen LogP contribution >= 0.6 is 23.2 Å². The monoisotopic (exact) mass is 517 g/mol. The number of aryl methyl sites for hydroxylation is 1. The number of rotatable bonds is 11. The number of likely N-dealkylation sites (N-methyl/N-ethyl adjacent to an activating group) is 1. The summed E-state index contributed by atoms with van der Waals surface area (Å²) in [7, 11) is 1.69. The first-order valence-corrected chi connectivity index (χ1v) is 12.2. The summed E-state index contributed by atoms with van der Waals surface area (Å²) < 4.78 is 5.43. The van der Waals surface area contributed by atoms with Gasteiger partial charge in [0.1, 0.15) is 12.4 Å². The Kier molecular flexibility index (Phi) is 10.1. The van der Waals surface area contributed by atoms with Crippen molar-refractivity contribution in [2.75, 3.05) is 25.6 Å². The van der Waals surface area contributed by atoms with E-state index in [1.165, 1.54) is 0 Å². The lowest BCUT2D eigenvalue weighted by molar-refractivity contribution is -0.132. The number of benzene rings is 2. The van der Waals surface area contributed by atoms with E-state index in [0.29, 0.717) is 41.5 Å². The highest BCUT2D eigenvalue weighted by Crippen LogP contribution is 2.26. The standard InChI is InChI=1S/C26H29Cl2N3O4/c1-31(24(33)13-12-18-9-6-11-22(27)25(18)28)21(10-4-5-14-32)17-35-26(34)30-23-15-19-7-2-3-8-20(19)16-29-23/h2-3,6-9,11,15-16,21,32H,4-5,10,12-14,17H2,1H3,(H,29,30,34)/t21-/m0/s1. The molecule has 35 heavy (non-hydrogen) atoms. The number of amides is 2. The Hall–Kier alpha value is -2.87. The minimum absolute atomic E-state index is 0.0189. The predicted octanol–water partition coefficient (Wildman–Crippen LogP) is 5.71. The molecule has 0 aliphatic carbocycles. The quantitative estimate of drug-likeness (QED) is 0.317. The number of halogens is 2. The van der Waals surface area contributed by atoms with Crippen LogP contribution in [0.1, 0.15) is 31.2 Å². The lowest BCUT2D eigenvalue weighted by atomic mass is 10.1. The second-order valence-corrected chi connectivity index (χ2v) is 9.02. The number of anilines is 1. The maximum absolute atomic E-state index is 12.9. The fraction of sp³-hybridized carbons (Fsp3) is 0.346. The molecule has 0 unspecified atom stereocenters. The molecule has 2 amide bonds. The van der Waals surface area contributed by atoms with E-state index in [9.17, 15) is 9.59 Å². The Labute approximate surface area is 215 Å². The summed E-state index contributed by atoms with van der Waals surface area (Å²) in [4.78, 5) is 31.1. The predicted molar refractivity (Wildman–Crippen MR) is 139 cm³/mol. The van der Waals surface area contributed by atoms with Crippen LogP contribution in [-0.2, 0) is 16.0 Å². The summed E-state index contributed by atoms with van der Waals surface area (Å²) in [6, 6.07) is 14.5. The van der Waals surface area contributed by atoms with E-state index in [2.05, 4.69) is 10.3 Å². The number of fused-ring (bicyclic) bond motifs is 1. The third kappa shape index (κ3) is 7.82. The van der Waals surface area contributed by atoms with Gasteiger partial charge >= 0.3 is 6.09 Å². The molecule has 2 aromatic carbocycles. The molecule has 186 valence electrons. The Morgan fingerprint density at radius 1 is 1.11 bits per heavy atom. The van der Waals surface area contributed by atoms with Crippen molar-refractivity contribution in [1.82, 2.24) is 9.88 Å². The highest BCUT2D eigenvalue weighted by Gasteiger charge is 2.22. The van der Waals surface area contributed by atoms with Crippen LogP contribution in [0.2, 0.25) is 10.0 Å². The molecule has 0 radical (unpaired) electrons. The average Bonchev–Trinajstić information content (AvgIpc) is 2.86. The van der Waals surface area contributed by atoms with Gasteiger partial charge in [0.25, 0.3) is 0 Å². The van der Waals surface area contributed by atoms with E-state index < -0.39 is 6.09 Å². The lowest BCUT2D eigenvalue weighted by Gasteiger charge is -2.28. The van der Waals surface area contributed by atoms with Crippen molar-refractivity contribution in [3.8, 4) is 0 Å². The van der Waals surface area contributed by atoms with Crippen molar-refractivity contribution in [2.45, 2.75) is 38.1 Å². The van der Waals surface area contributed by atoms with Crippen molar-refractivity contribution in [3.63, 3.8) is 0 Å². The minimum Gasteiger partial charge on any atom is -0.447 e. The van der Waals surface area contributed by atoms with Crippen molar-refractivity contribution in [1.29, 1.82) is 0 Å². The molecule has 0 bridgehead atoms. The molecule has 0 saturated carbocycles. The number of carbonyl (C=O) groups excluding carboxylic acids is 2. The first-order valence-electron chi connectivity index (χ1n) is 11.5. The Morgan fingerprint density at radius 3 is 2.66 bits per heavy atom. The minimum atomic E-state index is -0.647. The van der Waals surface area contributed by atoms with E-state index in [0.717, 1.165) is 16.3 Å². The van der Waals surface area contributed by atoms with E-state index in [1.54, 1.807) is 36.3 Å². The summed E-state index contributed by atoms with van der Waals surface area (Å²) in [5.74, 6) is 0.281. The molecule has 3 rings (SSSR count). The molecule has 0 saturated heterocycles. The first kappa shape index (κ1) is 26.7. The van der Waals surface area contributed by atoms with Crippen molar-refractivity contribution >= 4 is 51.8 Å². The topological polar surface area (TPSA) is 91.8 Å². The molecular weight excluding hydrogens is 489 g/mol. The fourth-order valence-electron chi connectivity index (χ4n) is 3.71. The van der Waals surface area contributed by atoms with Gasteiger partial charge in [0.15, 0.2) is 0 Å². The zero-order valence-electron chi connectivity index (χ0n) is 19.5.